The molecular formula is C95H124N8O9. The van der Waals surface area contributed by atoms with Crippen LogP contribution in [0.15, 0.2) is 127 Å². The molecule has 17 heteroatoms. The number of rotatable bonds is 26. The number of methoxy groups -OCH3 is 1. The zero-order valence-electron chi connectivity index (χ0n) is 66.8. The number of carbonyl (C=O) groups excluding carboxylic acids is 8. The Morgan fingerprint density at radius 1 is 0.366 bits per heavy atom. The molecule has 17 nitrogen and oxygen atoms in total. The Morgan fingerprint density at radius 3 is 1.02 bits per heavy atom. The van der Waals surface area contributed by atoms with Crippen molar-refractivity contribution in [3.8, 4) is 5.75 Å². The molecule has 0 radical (unpaired) electrons. The van der Waals surface area contributed by atoms with E-state index in [0.29, 0.717) is 45.2 Å². The van der Waals surface area contributed by atoms with Crippen LogP contribution in [0.1, 0.15) is 233 Å². The van der Waals surface area contributed by atoms with Crippen molar-refractivity contribution in [1.82, 2.24) is 37.9 Å². The molecule has 1 atom stereocenters. The Hall–Kier alpha value is -10.0. The third kappa shape index (κ3) is 18.8. The fourth-order valence-electron chi connectivity index (χ4n) is 15.9. The smallest absolute Gasteiger partial charge is 0.163 e. The molecule has 4 aromatic heterocycles. The molecule has 0 spiro atoms. The second-order valence-corrected chi connectivity index (χ2v) is 28.9. The van der Waals surface area contributed by atoms with E-state index in [1.807, 2.05) is 117 Å². The molecule has 5 heterocycles. The average molecular weight is 1520 g/mol. The molecule has 13 rings (SSSR count). The van der Waals surface area contributed by atoms with Gasteiger partial charge in [-0.3, -0.25) is 38.4 Å². The van der Waals surface area contributed by atoms with Gasteiger partial charge in [0.25, 0.3) is 0 Å². The summed E-state index contributed by atoms with van der Waals surface area (Å²) in [6, 6.07) is 41.9. The number of carbonyl (C=O) groups is 8. The van der Waals surface area contributed by atoms with Crippen molar-refractivity contribution in [2.24, 2.45) is 0 Å². The largest absolute Gasteiger partial charge is 0.495 e. The standard InChI is InChI=1S/C23H28N2O3.2C23H28N2O2.C22H24N2O2.4CH4/c1-6-24(7-2)12-13-25-20-10-8-17(15(3)26)14-19(20)22-21(25)11-9-18(16(4)27)23(22)28-5;1-6-24(7-2)12-13-25-21-10-8-18(16(4)26)14-20(21)23-15(3)19(17(5)27)9-11-22(23)25;1-6-24(7-2)10-11-25-22-9-8-18(16(4)26)13-20(22)21-14-19(17(5)27)15(3)12-23(21)25;1-14(25)16-6-8-21-19(11-16)20-12-17(15(2)26)7-9-22(20)24(21)13-18-5-4-10-23(18)3;;;;/h8-11,14H,6-7,12-13H2,1-5H3;8-11,14H,6-7,12-13H2,1-5H3;8-9,12-14H,6-7,10-11H2,1-5H3;6-9,11-12,18H,4-5,10,13H2,1-3H3;4*1H4. The van der Waals surface area contributed by atoms with E-state index in [9.17, 15) is 38.4 Å². The second kappa shape index (κ2) is 39.4. The number of hydrogen-bond acceptors (Lipinski definition) is 13. The SMILES string of the molecule is C.C.C.C.CC(=O)c1ccc2c(c1)c1cc(C(C)=O)ccc1n2CC1CCCN1C.CCN(CC)CCn1c2ccc(C(C)=O)cc2c2c(C)c(C(C)=O)ccc21.CCN(CC)CCn1c2ccc(C(C)=O)cc2c2c(OC)c(C(C)=O)ccc21.CCN(CC)CCn1c2ccc(C(C)=O)cc2c2cc(C(C)=O)c(C)cc21. The van der Waals surface area contributed by atoms with Crippen molar-refractivity contribution in [1.29, 1.82) is 0 Å². The number of ketones is 8. The van der Waals surface area contributed by atoms with Crippen molar-refractivity contribution in [2.45, 2.75) is 186 Å². The van der Waals surface area contributed by atoms with Gasteiger partial charge < -0.3 is 42.6 Å². The molecule has 0 saturated carbocycles. The highest BCUT2D eigenvalue weighted by atomic mass is 16.5. The quantitative estimate of drug-likeness (QED) is 0.0468. The molecule has 12 aromatic rings. The Balaban J connectivity index is 0.000000230. The molecule has 8 aromatic carbocycles. The van der Waals surface area contributed by atoms with E-state index in [4.69, 9.17) is 4.74 Å². The number of likely N-dealkylation sites (N-methyl/N-ethyl adjacent to an activating group) is 4. The van der Waals surface area contributed by atoms with E-state index in [2.05, 4.69) is 111 Å². The summed E-state index contributed by atoms with van der Waals surface area (Å²) in [5.74, 6) is 0.941. The highest BCUT2D eigenvalue weighted by Gasteiger charge is 2.26. The van der Waals surface area contributed by atoms with Gasteiger partial charge in [-0.15, -0.1) is 0 Å². The monoisotopic (exact) mass is 1520 g/mol. The summed E-state index contributed by atoms with van der Waals surface area (Å²) in [6.45, 7) is 43.3. The number of nitrogens with zero attached hydrogens (tertiary/aromatic N) is 8. The summed E-state index contributed by atoms with van der Waals surface area (Å²) in [5, 5.41) is 8.17. The number of aryl methyl sites for hydroxylation is 2. The minimum Gasteiger partial charge on any atom is -0.495 e. The normalized spacial score (nSPS) is 12.7. The van der Waals surface area contributed by atoms with Gasteiger partial charge in [0, 0.05) is 167 Å². The summed E-state index contributed by atoms with van der Waals surface area (Å²) in [7, 11) is 3.78. The summed E-state index contributed by atoms with van der Waals surface area (Å²) < 4.78 is 14.9. The van der Waals surface area contributed by atoms with Gasteiger partial charge in [0.1, 0.15) is 5.75 Å². The lowest BCUT2D eigenvalue weighted by Gasteiger charge is -2.21. The van der Waals surface area contributed by atoms with Gasteiger partial charge in [-0.1, -0.05) is 71.2 Å². The fourth-order valence-corrected chi connectivity index (χ4v) is 15.9. The number of hydrogen-bond donors (Lipinski definition) is 0. The topological polar surface area (TPSA) is 178 Å². The van der Waals surface area contributed by atoms with Crippen molar-refractivity contribution in [3.05, 3.63) is 183 Å². The van der Waals surface area contributed by atoms with Gasteiger partial charge in [0.15, 0.2) is 46.3 Å². The third-order valence-electron chi connectivity index (χ3n) is 22.4. The van der Waals surface area contributed by atoms with Gasteiger partial charge in [0.2, 0.25) is 0 Å². The minimum absolute atomic E-state index is 0. The first-order chi connectivity index (χ1) is 51.6. The van der Waals surface area contributed by atoms with E-state index in [1.54, 1.807) is 62.5 Å². The number of aromatic nitrogens is 4. The van der Waals surface area contributed by atoms with Crippen LogP contribution in [0.2, 0.25) is 0 Å². The molecular weight excluding hydrogens is 1400 g/mol. The summed E-state index contributed by atoms with van der Waals surface area (Å²) in [4.78, 5) is 105. The Kier molecular flexibility index (Phi) is 32.0. The highest BCUT2D eigenvalue weighted by Crippen LogP contribution is 2.41. The lowest BCUT2D eigenvalue weighted by atomic mass is 9.98. The van der Waals surface area contributed by atoms with Crippen LogP contribution in [0.3, 0.4) is 0 Å². The predicted octanol–water partition coefficient (Wildman–Crippen LogP) is 21.1. The van der Waals surface area contributed by atoms with Gasteiger partial charge >= 0.3 is 0 Å². The van der Waals surface area contributed by atoms with Crippen molar-refractivity contribution < 1.29 is 43.1 Å². The first kappa shape index (κ1) is 90.8. The highest BCUT2D eigenvalue weighted by molar-refractivity contribution is 6.19. The van der Waals surface area contributed by atoms with E-state index < -0.39 is 0 Å². The number of Topliss-reactive ketones (excluding diaryl/α,β-unsaturated/α-hetero) is 8. The molecule has 1 saturated heterocycles. The minimum atomic E-state index is -0.0366. The van der Waals surface area contributed by atoms with Crippen LogP contribution in [-0.4, -0.2) is 170 Å². The lowest BCUT2D eigenvalue weighted by molar-refractivity contribution is 0.100. The van der Waals surface area contributed by atoms with Gasteiger partial charge in [-0.2, -0.15) is 0 Å². The first-order valence-corrected chi connectivity index (χ1v) is 38.4. The van der Waals surface area contributed by atoms with Crippen molar-refractivity contribution in [2.75, 3.05) is 79.6 Å². The number of likely N-dealkylation sites (tertiary alicyclic amines) is 1. The predicted molar refractivity (Wildman–Crippen MR) is 470 cm³/mol. The van der Waals surface area contributed by atoms with Crippen LogP contribution >= 0.6 is 0 Å². The third-order valence-corrected chi connectivity index (χ3v) is 22.4. The summed E-state index contributed by atoms with van der Waals surface area (Å²) in [6.07, 6.45) is 2.44. The summed E-state index contributed by atoms with van der Waals surface area (Å²) >= 11 is 0. The number of benzene rings is 8. The molecule has 0 aliphatic carbocycles. The molecule has 1 unspecified atom stereocenters. The fraction of sp³-hybridized carbons (Fsp3) is 0.411. The van der Waals surface area contributed by atoms with Gasteiger partial charge in [-0.05, 0) is 273 Å². The second-order valence-electron chi connectivity index (χ2n) is 28.9. The van der Waals surface area contributed by atoms with E-state index in [1.165, 1.54) is 12.8 Å². The van der Waals surface area contributed by atoms with Gasteiger partial charge in [-0.25, -0.2) is 0 Å². The Morgan fingerprint density at radius 2 is 0.679 bits per heavy atom. The van der Waals surface area contributed by atoms with Crippen LogP contribution in [0.4, 0.5) is 0 Å². The average Bonchev–Trinajstić information content (AvgIpc) is 1.60. The molecule has 1 aliphatic rings. The molecule has 112 heavy (non-hydrogen) atoms. The molecule has 1 fully saturated rings. The number of ether oxygens (including phenoxy) is 1. The molecule has 0 N–H and O–H groups in total. The Bertz CT molecular complexity index is 5370. The maximum absolute atomic E-state index is 12.1. The molecule has 598 valence electrons. The molecule has 0 amide bonds. The lowest BCUT2D eigenvalue weighted by Crippen LogP contribution is -2.29. The summed E-state index contributed by atoms with van der Waals surface area (Å²) in [5.41, 5.74) is 16.3. The van der Waals surface area contributed by atoms with Crippen LogP contribution in [0.5, 0.6) is 5.75 Å². The zero-order chi connectivity index (χ0) is 78.3. The van der Waals surface area contributed by atoms with Crippen LogP contribution in [0, 0.1) is 13.8 Å². The zero-order valence-corrected chi connectivity index (χ0v) is 66.8. The Labute approximate surface area is 664 Å². The molecule has 0 bridgehead atoms. The van der Waals surface area contributed by atoms with E-state index in [0.717, 1.165) is 201 Å². The van der Waals surface area contributed by atoms with Crippen LogP contribution < -0.4 is 4.74 Å². The van der Waals surface area contributed by atoms with E-state index >= 15 is 0 Å². The first-order valence-electron chi connectivity index (χ1n) is 38.4. The van der Waals surface area contributed by atoms with Crippen molar-refractivity contribution >= 4 is 133 Å². The number of fused-ring (bicyclic) bond motifs is 12. The van der Waals surface area contributed by atoms with E-state index in [-0.39, 0.29) is 76.0 Å². The maximum atomic E-state index is 12.1. The molecule has 1 aliphatic heterocycles. The van der Waals surface area contributed by atoms with Crippen molar-refractivity contribution in [3.63, 3.8) is 0 Å². The van der Waals surface area contributed by atoms with Crippen LogP contribution in [0.25, 0.3) is 87.2 Å². The maximum Gasteiger partial charge on any atom is 0.163 e. The van der Waals surface area contributed by atoms with Gasteiger partial charge in [0.05, 0.1) is 23.6 Å². The van der Waals surface area contributed by atoms with Crippen LogP contribution in [-0.2, 0) is 26.2 Å².